The lowest BCUT2D eigenvalue weighted by Gasteiger charge is -2.29. The Balaban J connectivity index is 2.07. The standard InChI is InChI=1S/C18H30N4O3/c1-13(2)21(12-23)9-10-22-14(3)15-11-20(8-7-16(15)19-22)17(24)25-18(4,5)6/h12-13H,7-11H2,1-6H3. The van der Waals surface area contributed by atoms with Crippen LogP contribution in [0.15, 0.2) is 0 Å². The molecule has 0 aliphatic carbocycles. The van der Waals surface area contributed by atoms with E-state index in [0.29, 0.717) is 26.2 Å². The van der Waals surface area contributed by atoms with Crippen molar-refractivity contribution in [1.82, 2.24) is 19.6 Å². The van der Waals surface area contributed by atoms with Crippen LogP contribution in [0.5, 0.6) is 0 Å². The number of amides is 2. The minimum atomic E-state index is -0.494. The van der Waals surface area contributed by atoms with Crippen LogP contribution in [-0.2, 0) is 29.0 Å². The van der Waals surface area contributed by atoms with Gasteiger partial charge < -0.3 is 14.5 Å². The summed E-state index contributed by atoms with van der Waals surface area (Å²) >= 11 is 0. The van der Waals surface area contributed by atoms with E-state index >= 15 is 0 Å². The fraction of sp³-hybridized carbons (Fsp3) is 0.722. The monoisotopic (exact) mass is 350 g/mol. The second-order valence-electron chi connectivity index (χ2n) is 7.82. The summed E-state index contributed by atoms with van der Waals surface area (Å²) in [5, 5.41) is 4.68. The van der Waals surface area contributed by atoms with Crippen LogP contribution in [0.2, 0.25) is 0 Å². The van der Waals surface area contributed by atoms with Crippen LogP contribution in [0, 0.1) is 6.92 Å². The molecule has 2 amide bonds. The Morgan fingerprint density at radius 1 is 1.40 bits per heavy atom. The molecule has 0 saturated heterocycles. The van der Waals surface area contributed by atoms with Crippen molar-refractivity contribution in [2.24, 2.45) is 0 Å². The van der Waals surface area contributed by atoms with Gasteiger partial charge >= 0.3 is 6.09 Å². The van der Waals surface area contributed by atoms with Gasteiger partial charge in [0.15, 0.2) is 0 Å². The van der Waals surface area contributed by atoms with Crippen molar-refractivity contribution in [2.75, 3.05) is 13.1 Å². The van der Waals surface area contributed by atoms with Gasteiger partial charge in [-0.3, -0.25) is 9.48 Å². The summed E-state index contributed by atoms with van der Waals surface area (Å²) in [7, 11) is 0. The first-order valence-electron chi connectivity index (χ1n) is 8.86. The van der Waals surface area contributed by atoms with Gasteiger partial charge in [-0.1, -0.05) is 0 Å². The molecule has 7 heteroatoms. The molecule has 2 heterocycles. The van der Waals surface area contributed by atoms with Crippen molar-refractivity contribution in [3.63, 3.8) is 0 Å². The van der Waals surface area contributed by atoms with Crippen LogP contribution < -0.4 is 0 Å². The number of aromatic nitrogens is 2. The highest BCUT2D eigenvalue weighted by Crippen LogP contribution is 2.23. The zero-order chi connectivity index (χ0) is 18.8. The van der Waals surface area contributed by atoms with Gasteiger partial charge in [0.05, 0.1) is 18.8 Å². The summed E-state index contributed by atoms with van der Waals surface area (Å²) in [6.07, 6.45) is 1.33. The predicted molar refractivity (Wildman–Crippen MR) is 95.2 cm³/mol. The summed E-state index contributed by atoms with van der Waals surface area (Å²) in [6, 6.07) is 0.172. The minimum absolute atomic E-state index is 0.172. The van der Waals surface area contributed by atoms with E-state index in [1.54, 1.807) is 9.80 Å². The summed E-state index contributed by atoms with van der Waals surface area (Å²) in [6.45, 7) is 14.0. The molecular formula is C18H30N4O3. The van der Waals surface area contributed by atoms with E-state index in [9.17, 15) is 9.59 Å². The van der Waals surface area contributed by atoms with Gasteiger partial charge in [-0.25, -0.2) is 4.79 Å². The average Bonchev–Trinajstić information content (AvgIpc) is 2.82. The maximum absolute atomic E-state index is 12.3. The van der Waals surface area contributed by atoms with Crippen LogP contribution in [-0.4, -0.2) is 56.8 Å². The summed E-state index contributed by atoms with van der Waals surface area (Å²) in [5.74, 6) is 0. The number of ether oxygens (including phenoxy) is 1. The molecule has 1 aliphatic heterocycles. The second kappa shape index (κ2) is 7.45. The molecule has 7 nitrogen and oxygen atoms in total. The number of carbonyl (C=O) groups excluding carboxylic acids is 2. The van der Waals surface area contributed by atoms with E-state index in [-0.39, 0.29) is 12.1 Å². The zero-order valence-corrected chi connectivity index (χ0v) is 16.2. The average molecular weight is 350 g/mol. The number of hydrogen-bond donors (Lipinski definition) is 0. The van der Waals surface area contributed by atoms with Gasteiger partial charge in [0.25, 0.3) is 0 Å². The lowest BCUT2D eigenvalue weighted by Crippen LogP contribution is -2.39. The predicted octanol–water partition coefficient (Wildman–Crippen LogP) is 2.35. The molecule has 0 spiro atoms. The van der Waals surface area contributed by atoms with Crippen LogP contribution in [0.25, 0.3) is 0 Å². The molecule has 1 aliphatic rings. The van der Waals surface area contributed by atoms with E-state index in [2.05, 4.69) is 5.10 Å². The summed E-state index contributed by atoms with van der Waals surface area (Å²) < 4.78 is 7.42. The molecule has 0 unspecified atom stereocenters. The van der Waals surface area contributed by atoms with Gasteiger partial charge in [-0.15, -0.1) is 0 Å². The molecule has 0 fully saturated rings. The molecule has 140 valence electrons. The van der Waals surface area contributed by atoms with E-state index in [4.69, 9.17) is 4.74 Å². The minimum Gasteiger partial charge on any atom is -0.444 e. The third-order valence-corrected chi connectivity index (χ3v) is 4.40. The second-order valence-corrected chi connectivity index (χ2v) is 7.82. The molecule has 0 aromatic carbocycles. The molecular weight excluding hydrogens is 320 g/mol. The van der Waals surface area contributed by atoms with Crippen LogP contribution in [0.3, 0.4) is 0 Å². The normalized spacial score (nSPS) is 14.4. The fourth-order valence-electron chi connectivity index (χ4n) is 2.91. The van der Waals surface area contributed by atoms with Crippen molar-refractivity contribution in [3.05, 3.63) is 17.0 Å². The van der Waals surface area contributed by atoms with Crippen molar-refractivity contribution in [1.29, 1.82) is 0 Å². The van der Waals surface area contributed by atoms with Crippen molar-refractivity contribution in [3.8, 4) is 0 Å². The van der Waals surface area contributed by atoms with Crippen molar-refractivity contribution < 1.29 is 14.3 Å². The van der Waals surface area contributed by atoms with E-state index in [1.165, 1.54) is 0 Å². The highest BCUT2D eigenvalue weighted by molar-refractivity contribution is 5.68. The molecule has 1 aromatic rings. The first-order chi connectivity index (χ1) is 11.6. The maximum atomic E-state index is 12.3. The smallest absolute Gasteiger partial charge is 0.410 e. The first-order valence-corrected chi connectivity index (χ1v) is 8.86. The highest BCUT2D eigenvalue weighted by atomic mass is 16.6. The Bertz CT molecular complexity index is 631. The number of carbonyl (C=O) groups is 2. The first kappa shape index (κ1) is 19.3. The molecule has 25 heavy (non-hydrogen) atoms. The van der Waals surface area contributed by atoms with E-state index < -0.39 is 5.60 Å². The largest absolute Gasteiger partial charge is 0.444 e. The number of rotatable bonds is 5. The molecule has 0 saturated carbocycles. The SMILES string of the molecule is Cc1c2c(nn1CCN(C=O)C(C)C)CCN(C(=O)OC(C)(C)C)C2. The third kappa shape index (κ3) is 4.74. The molecule has 0 radical (unpaired) electrons. The van der Waals surface area contributed by atoms with Crippen LogP contribution >= 0.6 is 0 Å². The lowest BCUT2D eigenvalue weighted by molar-refractivity contribution is -0.119. The quantitative estimate of drug-likeness (QED) is 0.765. The van der Waals surface area contributed by atoms with E-state index in [0.717, 1.165) is 29.8 Å². The molecule has 0 N–H and O–H groups in total. The summed E-state index contributed by atoms with van der Waals surface area (Å²) in [5.41, 5.74) is 2.70. The summed E-state index contributed by atoms with van der Waals surface area (Å²) in [4.78, 5) is 26.9. The fourth-order valence-corrected chi connectivity index (χ4v) is 2.91. The van der Waals surface area contributed by atoms with Gasteiger partial charge in [0.1, 0.15) is 5.60 Å². The maximum Gasteiger partial charge on any atom is 0.410 e. The van der Waals surface area contributed by atoms with Gasteiger partial charge in [-0.05, 0) is 41.5 Å². The molecule has 1 aromatic heterocycles. The Labute approximate surface area is 149 Å². The lowest BCUT2D eigenvalue weighted by atomic mass is 10.1. The van der Waals surface area contributed by atoms with Gasteiger partial charge in [0, 0.05) is 36.8 Å². The van der Waals surface area contributed by atoms with E-state index in [1.807, 2.05) is 46.2 Å². The van der Waals surface area contributed by atoms with Crippen molar-refractivity contribution in [2.45, 2.75) is 72.7 Å². The zero-order valence-electron chi connectivity index (χ0n) is 16.2. The Morgan fingerprint density at radius 2 is 2.08 bits per heavy atom. The number of hydrogen-bond acceptors (Lipinski definition) is 4. The topological polar surface area (TPSA) is 67.7 Å². The Hall–Kier alpha value is -2.05. The number of nitrogens with zero attached hydrogens (tertiary/aromatic N) is 4. The van der Waals surface area contributed by atoms with Crippen molar-refractivity contribution >= 4 is 12.5 Å². The van der Waals surface area contributed by atoms with Gasteiger partial charge in [-0.2, -0.15) is 5.10 Å². The molecule has 2 rings (SSSR count). The molecule has 0 atom stereocenters. The number of fused-ring (bicyclic) bond motifs is 1. The van der Waals surface area contributed by atoms with Crippen LogP contribution in [0.4, 0.5) is 4.79 Å². The third-order valence-electron chi connectivity index (χ3n) is 4.40. The Kier molecular flexibility index (Phi) is 5.75. The van der Waals surface area contributed by atoms with Gasteiger partial charge in [0.2, 0.25) is 6.41 Å². The Morgan fingerprint density at radius 3 is 2.64 bits per heavy atom. The molecule has 0 bridgehead atoms. The van der Waals surface area contributed by atoms with Crippen LogP contribution in [0.1, 0.15) is 51.6 Å². The highest BCUT2D eigenvalue weighted by Gasteiger charge is 2.28.